The van der Waals surface area contributed by atoms with E-state index in [1.807, 2.05) is 3.58 Å². The number of allylic oxidation sites excluding steroid dienone is 2. The minimum absolute atomic E-state index is 1.36. The van der Waals surface area contributed by atoms with Gasteiger partial charge in [0.15, 0.2) is 0 Å². The number of unbranched alkanes of at least 4 members (excludes halogenated alkanes) is 9. The van der Waals surface area contributed by atoms with Gasteiger partial charge in [0.2, 0.25) is 0 Å². The predicted octanol–water partition coefficient (Wildman–Crippen LogP) is 11.0. The molecule has 28 heavy (non-hydrogen) atoms. The summed E-state index contributed by atoms with van der Waals surface area (Å²) in [4.78, 5) is 0. The van der Waals surface area contributed by atoms with E-state index >= 15 is 0 Å². The van der Waals surface area contributed by atoms with E-state index in [0.29, 0.717) is 0 Å². The second-order valence-corrected chi connectivity index (χ2v) is 23.7. The van der Waals surface area contributed by atoms with Crippen LogP contribution in [0.5, 0.6) is 0 Å². The molecule has 0 aromatic rings. The van der Waals surface area contributed by atoms with E-state index in [1.54, 1.807) is 13.3 Å². The molecule has 0 bridgehead atoms. The molecule has 2 heteroatoms. The topological polar surface area (TPSA) is 0 Å². The van der Waals surface area contributed by atoms with Crippen molar-refractivity contribution < 1.29 is 0 Å². The zero-order valence-electron chi connectivity index (χ0n) is 20.3. The molecule has 0 aliphatic heterocycles. The van der Waals surface area contributed by atoms with Gasteiger partial charge >= 0.3 is 199 Å². The molecular formula is C26H53ISn. The third kappa shape index (κ3) is 12.8. The van der Waals surface area contributed by atoms with Crippen LogP contribution in [0.3, 0.4) is 0 Å². The predicted molar refractivity (Wildman–Crippen MR) is 143 cm³/mol. The molecule has 0 aromatic carbocycles. The zero-order valence-corrected chi connectivity index (χ0v) is 25.3. The van der Waals surface area contributed by atoms with Crippen molar-refractivity contribution in [3.63, 3.8) is 0 Å². The molecule has 0 N–H and O–H groups in total. The van der Waals surface area contributed by atoms with E-state index < -0.39 is 18.4 Å². The van der Waals surface area contributed by atoms with Crippen LogP contribution in [-0.2, 0) is 0 Å². The van der Waals surface area contributed by atoms with Gasteiger partial charge < -0.3 is 0 Å². The number of hydrogen-bond acceptors (Lipinski definition) is 0. The van der Waals surface area contributed by atoms with Gasteiger partial charge in [0, 0.05) is 0 Å². The Morgan fingerprint density at radius 1 is 0.500 bits per heavy atom. The Kier molecular flexibility index (Phi) is 21.1. The average molecular weight is 611 g/mol. The van der Waals surface area contributed by atoms with Crippen molar-refractivity contribution in [2.24, 2.45) is 0 Å². The summed E-state index contributed by atoms with van der Waals surface area (Å²) in [6.45, 7) is 11.9. The van der Waals surface area contributed by atoms with Crippen molar-refractivity contribution in [3.05, 3.63) is 7.17 Å². The summed E-state index contributed by atoms with van der Waals surface area (Å²) < 4.78 is 8.91. The summed E-state index contributed by atoms with van der Waals surface area (Å²) in [5, 5.41) is 0. The van der Waals surface area contributed by atoms with E-state index in [1.165, 1.54) is 103 Å². The second-order valence-electron chi connectivity index (χ2n) is 9.10. The van der Waals surface area contributed by atoms with Crippen LogP contribution < -0.4 is 0 Å². The molecule has 0 spiro atoms. The molecule has 0 saturated heterocycles. The second kappa shape index (κ2) is 20.2. The van der Waals surface area contributed by atoms with Gasteiger partial charge in [0.1, 0.15) is 0 Å². The first-order valence-electron chi connectivity index (χ1n) is 13.0. The Morgan fingerprint density at radius 3 is 1.36 bits per heavy atom. The van der Waals surface area contributed by atoms with E-state index in [-0.39, 0.29) is 0 Å². The number of halogens is 1. The Morgan fingerprint density at radius 2 is 0.893 bits per heavy atom. The molecule has 0 radical (unpaired) electrons. The normalized spacial score (nSPS) is 13.1. The Labute approximate surface area is 197 Å². The molecule has 0 nitrogen and oxygen atoms in total. The van der Waals surface area contributed by atoms with Crippen molar-refractivity contribution in [2.75, 3.05) is 0 Å². The van der Waals surface area contributed by atoms with Crippen molar-refractivity contribution in [1.82, 2.24) is 0 Å². The molecule has 0 aliphatic carbocycles. The van der Waals surface area contributed by atoms with Crippen LogP contribution in [0.1, 0.15) is 137 Å². The van der Waals surface area contributed by atoms with Gasteiger partial charge in [0.05, 0.1) is 0 Å². The Hall–Kier alpha value is 1.27. The number of hydrogen-bond donors (Lipinski definition) is 0. The molecule has 0 atom stereocenters. The van der Waals surface area contributed by atoms with E-state index in [9.17, 15) is 0 Å². The molecule has 0 unspecified atom stereocenters. The Balaban J connectivity index is 5.56. The molecule has 0 amide bonds. The molecule has 0 aliphatic rings. The van der Waals surface area contributed by atoms with Gasteiger partial charge in [-0.3, -0.25) is 0 Å². The first-order valence-corrected chi connectivity index (χ1v) is 21.6. The summed E-state index contributed by atoms with van der Waals surface area (Å²) in [5.41, 5.74) is 0. The van der Waals surface area contributed by atoms with Crippen molar-refractivity contribution in [2.45, 2.75) is 151 Å². The van der Waals surface area contributed by atoms with Gasteiger partial charge in [-0.2, -0.15) is 0 Å². The first-order chi connectivity index (χ1) is 13.6. The maximum atomic E-state index is 2.83. The summed E-state index contributed by atoms with van der Waals surface area (Å²) >= 11 is 0.596. The minimum atomic E-state index is -2.23. The standard InChI is InChI=1S/C14H26I.3C4H9.Sn/c1-3-5-7-9-11-13-14(15)12-10-8-6-4-2;3*1-3-4-2;/h3-11,13H2,1-2H3;3*1,3-4H2,2H3;. The average Bonchev–Trinajstić information content (AvgIpc) is 2.71. The fourth-order valence-corrected chi connectivity index (χ4v) is 26.7. The SMILES string of the molecule is CCCCCCC/C(I)=[C](\CCCCC)[Sn]([CH2]CCC)([CH2]CCC)[CH2]CCC. The van der Waals surface area contributed by atoms with Crippen LogP contribution in [0, 0.1) is 0 Å². The van der Waals surface area contributed by atoms with Crippen LogP contribution in [0.2, 0.25) is 13.3 Å². The van der Waals surface area contributed by atoms with Crippen LogP contribution in [0.4, 0.5) is 0 Å². The van der Waals surface area contributed by atoms with Gasteiger partial charge in [-0.25, -0.2) is 0 Å². The van der Waals surface area contributed by atoms with Gasteiger partial charge in [-0.05, 0) is 0 Å². The molecule has 0 rings (SSSR count). The van der Waals surface area contributed by atoms with Crippen molar-refractivity contribution >= 4 is 41.0 Å². The Bertz CT molecular complexity index is 353. The van der Waals surface area contributed by atoms with Gasteiger partial charge in [0.25, 0.3) is 0 Å². The third-order valence-electron chi connectivity index (χ3n) is 6.52. The van der Waals surface area contributed by atoms with Crippen LogP contribution in [-0.4, -0.2) is 18.4 Å². The van der Waals surface area contributed by atoms with Gasteiger partial charge in [-0.1, -0.05) is 0 Å². The zero-order chi connectivity index (χ0) is 21.1. The summed E-state index contributed by atoms with van der Waals surface area (Å²) in [6.07, 6.45) is 22.9. The van der Waals surface area contributed by atoms with E-state index in [4.69, 9.17) is 0 Å². The van der Waals surface area contributed by atoms with Crippen molar-refractivity contribution in [3.8, 4) is 0 Å². The monoisotopic (exact) mass is 612 g/mol. The summed E-state index contributed by atoms with van der Waals surface area (Å²) in [5.74, 6) is 0. The quantitative estimate of drug-likeness (QED) is 0.0730. The first kappa shape index (κ1) is 29.3. The molecule has 168 valence electrons. The van der Waals surface area contributed by atoms with E-state index in [0.717, 1.165) is 0 Å². The van der Waals surface area contributed by atoms with Crippen molar-refractivity contribution in [1.29, 1.82) is 0 Å². The van der Waals surface area contributed by atoms with Crippen LogP contribution >= 0.6 is 22.6 Å². The molecule has 0 aromatic heterocycles. The molecule has 0 saturated carbocycles. The summed E-state index contributed by atoms with van der Waals surface area (Å²) in [6, 6.07) is 0. The summed E-state index contributed by atoms with van der Waals surface area (Å²) in [7, 11) is 0. The van der Waals surface area contributed by atoms with Gasteiger partial charge in [-0.15, -0.1) is 0 Å². The number of rotatable bonds is 20. The van der Waals surface area contributed by atoms with E-state index in [2.05, 4.69) is 60.8 Å². The molecule has 0 heterocycles. The van der Waals surface area contributed by atoms with Crippen LogP contribution in [0.25, 0.3) is 0 Å². The maximum absolute atomic E-state index is 2.83. The third-order valence-corrected chi connectivity index (χ3v) is 25.6. The fourth-order valence-electron chi connectivity index (χ4n) is 4.65. The molecular weight excluding hydrogens is 558 g/mol. The van der Waals surface area contributed by atoms with Crippen LogP contribution in [0.15, 0.2) is 7.17 Å². The molecule has 0 fully saturated rings. The fraction of sp³-hybridized carbons (Fsp3) is 0.923.